The minimum atomic E-state index is 0.618. The van der Waals surface area contributed by atoms with E-state index in [1.807, 2.05) is 6.20 Å². The van der Waals surface area contributed by atoms with Crippen LogP contribution in [0.2, 0.25) is 0 Å². The lowest BCUT2D eigenvalue weighted by Gasteiger charge is -2.33. The van der Waals surface area contributed by atoms with Crippen molar-refractivity contribution in [2.75, 3.05) is 13.1 Å². The van der Waals surface area contributed by atoms with Gasteiger partial charge in [0, 0.05) is 25.0 Å². The molecule has 1 saturated heterocycles. The van der Waals surface area contributed by atoms with Crippen LogP contribution in [0.4, 0.5) is 0 Å². The van der Waals surface area contributed by atoms with Crippen molar-refractivity contribution in [3.63, 3.8) is 0 Å². The van der Waals surface area contributed by atoms with Crippen LogP contribution in [-0.2, 0) is 19.5 Å². The highest BCUT2D eigenvalue weighted by atomic mass is 15.1. The highest BCUT2D eigenvalue weighted by Crippen LogP contribution is 2.24. The van der Waals surface area contributed by atoms with Crippen LogP contribution in [0.5, 0.6) is 0 Å². The van der Waals surface area contributed by atoms with Crippen molar-refractivity contribution in [3.8, 4) is 0 Å². The summed E-state index contributed by atoms with van der Waals surface area (Å²) in [5.74, 6) is 0.737. The molecule has 3 N–H and O–H groups in total. The molecule has 1 fully saturated rings. The Kier molecular flexibility index (Phi) is 4.81. The smallest absolute Gasteiger partial charge is 0.0650 e. The van der Waals surface area contributed by atoms with Gasteiger partial charge < -0.3 is 5.73 Å². The third-order valence-electron chi connectivity index (χ3n) is 5.30. The first-order chi connectivity index (χ1) is 12.3. The fourth-order valence-corrected chi connectivity index (χ4v) is 3.95. The number of rotatable bonds is 5. The number of piperidine rings is 1. The van der Waals surface area contributed by atoms with Gasteiger partial charge in [-0.3, -0.25) is 10.00 Å². The summed E-state index contributed by atoms with van der Waals surface area (Å²) in [6, 6.07) is 15.4. The van der Waals surface area contributed by atoms with E-state index in [4.69, 9.17) is 5.73 Å². The molecule has 1 atom stereocenters. The Balaban J connectivity index is 1.38. The summed E-state index contributed by atoms with van der Waals surface area (Å²) in [6.45, 7) is 4.05. The van der Waals surface area contributed by atoms with Gasteiger partial charge in [0.1, 0.15) is 0 Å². The van der Waals surface area contributed by atoms with E-state index in [0.717, 1.165) is 24.4 Å². The number of aromatic nitrogens is 2. The first-order valence-electron chi connectivity index (χ1n) is 9.22. The van der Waals surface area contributed by atoms with Crippen molar-refractivity contribution < 1.29 is 0 Å². The number of benzene rings is 2. The summed E-state index contributed by atoms with van der Waals surface area (Å²) in [6.07, 6.45) is 5.69. The number of nitrogens with two attached hydrogens (primary N) is 1. The van der Waals surface area contributed by atoms with Crippen molar-refractivity contribution in [3.05, 3.63) is 65.4 Å². The van der Waals surface area contributed by atoms with Gasteiger partial charge in [-0.05, 0) is 60.5 Å². The maximum absolute atomic E-state index is 5.69. The molecule has 2 aromatic carbocycles. The third kappa shape index (κ3) is 3.91. The molecule has 0 aliphatic carbocycles. The second-order valence-electron chi connectivity index (χ2n) is 7.26. The number of aromatic amines is 1. The van der Waals surface area contributed by atoms with Crippen molar-refractivity contribution in [1.29, 1.82) is 0 Å². The normalized spacial score (nSPS) is 18.7. The standard InChI is InChI=1S/C21H26N4/c22-12-16-3-5-17(6-4-16)14-25-9-1-2-19(15-25)10-18-7-8-21-20(11-18)13-23-24-21/h3-8,11,13,19H,1-2,9-10,12,14-15,22H2,(H,23,24)/t19-/m0/s1. The molecule has 4 heteroatoms. The molecule has 1 aliphatic rings. The Bertz CT molecular complexity index is 821. The van der Waals surface area contributed by atoms with Crippen LogP contribution in [0.3, 0.4) is 0 Å². The fraction of sp³-hybridized carbons (Fsp3) is 0.381. The monoisotopic (exact) mass is 334 g/mol. The number of likely N-dealkylation sites (tertiary alicyclic amines) is 1. The molecule has 1 aromatic heterocycles. The Morgan fingerprint density at radius 3 is 2.72 bits per heavy atom. The quantitative estimate of drug-likeness (QED) is 0.751. The fourth-order valence-electron chi connectivity index (χ4n) is 3.95. The van der Waals surface area contributed by atoms with Gasteiger partial charge in [-0.25, -0.2) is 0 Å². The van der Waals surface area contributed by atoms with Gasteiger partial charge >= 0.3 is 0 Å². The lowest BCUT2D eigenvalue weighted by atomic mass is 9.90. The van der Waals surface area contributed by atoms with E-state index >= 15 is 0 Å². The second kappa shape index (κ2) is 7.38. The van der Waals surface area contributed by atoms with E-state index in [1.165, 1.54) is 48.0 Å². The summed E-state index contributed by atoms with van der Waals surface area (Å²) in [4.78, 5) is 2.60. The van der Waals surface area contributed by atoms with Gasteiger partial charge in [0.15, 0.2) is 0 Å². The van der Waals surface area contributed by atoms with Crippen LogP contribution in [0.1, 0.15) is 29.5 Å². The molecular weight excluding hydrogens is 308 g/mol. The highest BCUT2D eigenvalue weighted by Gasteiger charge is 2.20. The van der Waals surface area contributed by atoms with E-state index in [1.54, 1.807) is 0 Å². The maximum Gasteiger partial charge on any atom is 0.0650 e. The van der Waals surface area contributed by atoms with Gasteiger partial charge in [0.2, 0.25) is 0 Å². The molecule has 2 heterocycles. The summed E-state index contributed by atoms with van der Waals surface area (Å²) in [5.41, 5.74) is 10.8. The van der Waals surface area contributed by atoms with E-state index < -0.39 is 0 Å². The molecule has 0 bridgehead atoms. The number of H-pyrrole nitrogens is 1. The minimum Gasteiger partial charge on any atom is -0.326 e. The number of nitrogens with zero attached hydrogens (tertiary/aromatic N) is 2. The Morgan fingerprint density at radius 1 is 1.08 bits per heavy atom. The molecule has 4 nitrogen and oxygen atoms in total. The Morgan fingerprint density at radius 2 is 1.88 bits per heavy atom. The molecule has 0 amide bonds. The summed E-state index contributed by atoms with van der Waals surface area (Å²) in [5, 5.41) is 8.36. The third-order valence-corrected chi connectivity index (χ3v) is 5.30. The molecule has 0 radical (unpaired) electrons. The molecule has 3 aromatic rings. The first-order valence-corrected chi connectivity index (χ1v) is 9.22. The van der Waals surface area contributed by atoms with Gasteiger partial charge in [-0.15, -0.1) is 0 Å². The number of hydrogen-bond acceptors (Lipinski definition) is 3. The summed E-state index contributed by atoms with van der Waals surface area (Å²) >= 11 is 0. The van der Waals surface area contributed by atoms with Gasteiger partial charge in [-0.1, -0.05) is 30.3 Å². The largest absolute Gasteiger partial charge is 0.326 e. The second-order valence-corrected chi connectivity index (χ2v) is 7.26. The molecule has 130 valence electrons. The molecule has 4 rings (SSSR count). The predicted molar refractivity (Wildman–Crippen MR) is 102 cm³/mol. The van der Waals surface area contributed by atoms with Crippen molar-refractivity contribution in [2.24, 2.45) is 11.7 Å². The van der Waals surface area contributed by atoms with Gasteiger partial charge in [0.25, 0.3) is 0 Å². The van der Waals surface area contributed by atoms with Crippen LogP contribution in [0, 0.1) is 5.92 Å². The van der Waals surface area contributed by atoms with Crippen LogP contribution in [-0.4, -0.2) is 28.2 Å². The summed E-state index contributed by atoms with van der Waals surface area (Å²) in [7, 11) is 0. The van der Waals surface area contributed by atoms with Crippen molar-refractivity contribution in [2.45, 2.75) is 32.4 Å². The maximum atomic E-state index is 5.69. The molecular formula is C21H26N4. The van der Waals surface area contributed by atoms with E-state index in [-0.39, 0.29) is 0 Å². The van der Waals surface area contributed by atoms with Gasteiger partial charge in [0.05, 0.1) is 11.7 Å². The van der Waals surface area contributed by atoms with Crippen LogP contribution in [0.25, 0.3) is 10.9 Å². The molecule has 0 spiro atoms. The minimum absolute atomic E-state index is 0.618. The van der Waals surface area contributed by atoms with Crippen LogP contribution >= 0.6 is 0 Å². The Hall–Kier alpha value is -2.17. The van der Waals surface area contributed by atoms with Crippen LogP contribution < -0.4 is 5.73 Å². The first kappa shape index (κ1) is 16.3. The number of hydrogen-bond donors (Lipinski definition) is 2. The topological polar surface area (TPSA) is 57.9 Å². The van der Waals surface area contributed by atoms with Crippen molar-refractivity contribution >= 4 is 10.9 Å². The molecule has 25 heavy (non-hydrogen) atoms. The molecule has 0 unspecified atom stereocenters. The summed E-state index contributed by atoms with van der Waals surface area (Å²) < 4.78 is 0. The van der Waals surface area contributed by atoms with E-state index in [9.17, 15) is 0 Å². The SMILES string of the molecule is NCc1ccc(CN2CCC[C@@H](Cc3ccc4[nH]ncc4c3)C2)cc1. The Labute approximate surface area is 149 Å². The predicted octanol–water partition coefficient (Wildman–Crippen LogP) is 3.48. The lowest BCUT2D eigenvalue weighted by Crippen LogP contribution is -2.35. The van der Waals surface area contributed by atoms with Crippen molar-refractivity contribution in [1.82, 2.24) is 15.1 Å². The lowest BCUT2D eigenvalue weighted by molar-refractivity contribution is 0.167. The number of fused-ring (bicyclic) bond motifs is 1. The molecule has 1 aliphatic heterocycles. The average Bonchev–Trinajstić information content (AvgIpc) is 3.10. The zero-order valence-corrected chi connectivity index (χ0v) is 14.6. The molecule has 0 saturated carbocycles. The van der Waals surface area contributed by atoms with Crippen LogP contribution in [0.15, 0.2) is 48.7 Å². The van der Waals surface area contributed by atoms with E-state index in [0.29, 0.717) is 6.54 Å². The average molecular weight is 334 g/mol. The van der Waals surface area contributed by atoms with Gasteiger partial charge in [-0.2, -0.15) is 5.10 Å². The highest BCUT2D eigenvalue weighted by molar-refractivity contribution is 5.78. The number of nitrogens with one attached hydrogen (secondary N) is 1. The zero-order valence-electron chi connectivity index (χ0n) is 14.6. The van der Waals surface area contributed by atoms with E-state index in [2.05, 4.69) is 57.6 Å². The zero-order chi connectivity index (χ0) is 17.1.